The minimum absolute atomic E-state index is 0.335. The van der Waals surface area contributed by atoms with Crippen molar-refractivity contribution in [2.45, 2.75) is 38.2 Å². The lowest BCUT2D eigenvalue weighted by molar-refractivity contribution is -0.149. The van der Waals surface area contributed by atoms with Crippen molar-refractivity contribution in [2.75, 3.05) is 26.3 Å². The van der Waals surface area contributed by atoms with E-state index in [0.29, 0.717) is 25.6 Å². The summed E-state index contributed by atoms with van der Waals surface area (Å²) in [6.45, 7) is 4.35. The maximum absolute atomic E-state index is 11.3. The zero-order valence-electron chi connectivity index (χ0n) is 19.7. The summed E-state index contributed by atoms with van der Waals surface area (Å²) in [4.78, 5) is 11.3. The van der Waals surface area contributed by atoms with Gasteiger partial charge in [0.05, 0.1) is 0 Å². The van der Waals surface area contributed by atoms with Gasteiger partial charge >= 0.3 is 5.97 Å². The number of carbonyl (C=O) groups is 1. The third-order valence-electron chi connectivity index (χ3n) is 6.41. The lowest BCUT2D eigenvalue weighted by Crippen LogP contribution is -2.27. The first-order chi connectivity index (χ1) is 16.7. The maximum atomic E-state index is 11.3. The zero-order chi connectivity index (χ0) is 23.8. The van der Waals surface area contributed by atoms with E-state index in [9.17, 15) is 9.90 Å². The number of ether oxygens (including phenoxy) is 2. The molecule has 4 rings (SSSR count). The van der Waals surface area contributed by atoms with Crippen molar-refractivity contribution in [3.05, 3.63) is 101 Å². The second-order valence-electron chi connectivity index (χ2n) is 8.63. The van der Waals surface area contributed by atoms with Gasteiger partial charge in [0.2, 0.25) is 0 Å². The van der Waals surface area contributed by atoms with Gasteiger partial charge in [0.15, 0.2) is 6.10 Å². The van der Waals surface area contributed by atoms with Crippen molar-refractivity contribution in [1.29, 1.82) is 0 Å². The highest BCUT2D eigenvalue weighted by molar-refractivity contribution is 5.72. The summed E-state index contributed by atoms with van der Waals surface area (Å²) < 4.78 is 11.2. The maximum Gasteiger partial charge on any atom is 0.333 e. The predicted octanol–water partition coefficient (Wildman–Crippen LogP) is 4.62. The minimum Gasteiger partial charge on any atom is -0.492 e. The minimum atomic E-state index is -0.938. The number of carboxylic acids is 1. The van der Waals surface area contributed by atoms with Crippen LogP contribution in [0, 0.1) is 0 Å². The molecule has 3 aromatic rings. The molecule has 0 bridgehead atoms. The Bertz CT molecular complexity index is 1030. The van der Waals surface area contributed by atoms with Crippen LogP contribution in [0.5, 0.6) is 5.75 Å². The van der Waals surface area contributed by atoms with Crippen LogP contribution >= 0.6 is 0 Å². The monoisotopic (exact) mass is 459 g/mol. The number of fused-ring (bicyclic) bond motifs is 2. The van der Waals surface area contributed by atoms with E-state index in [1.165, 1.54) is 22.3 Å². The number of hydrogen-bond acceptors (Lipinski definition) is 4. The van der Waals surface area contributed by atoms with Crippen molar-refractivity contribution in [3.8, 4) is 5.75 Å². The van der Waals surface area contributed by atoms with Crippen molar-refractivity contribution in [2.24, 2.45) is 0 Å². The first-order valence-electron chi connectivity index (χ1n) is 12.1. The fourth-order valence-electron chi connectivity index (χ4n) is 4.70. The number of nitrogens with one attached hydrogen (secondary N) is 1. The normalized spacial score (nSPS) is 14.0. The molecular formula is C29H33NO4. The van der Waals surface area contributed by atoms with Gasteiger partial charge in [-0.15, -0.1) is 0 Å². The quantitative estimate of drug-likeness (QED) is 0.410. The Morgan fingerprint density at radius 1 is 0.971 bits per heavy atom. The molecule has 2 N–H and O–H groups in total. The van der Waals surface area contributed by atoms with Crippen LogP contribution in [0.15, 0.2) is 72.8 Å². The molecule has 0 spiro atoms. The molecule has 34 heavy (non-hydrogen) atoms. The Morgan fingerprint density at radius 2 is 1.59 bits per heavy atom. The summed E-state index contributed by atoms with van der Waals surface area (Å²) in [6.07, 6.45) is 1.69. The molecule has 0 radical (unpaired) electrons. The Hall–Kier alpha value is -3.15. The van der Waals surface area contributed by atoms with Crippen LogP contribution in [-0.4, -0.2) is 43.5 Å². The summed E-state index contributed by atoms with van der Waals surface area (Å²) in [5.41, 5.74) is 6.64. The average Bonchev–Trinajstić information content (AvgIpc) is 3.01. The van der Waals surface area contributed by atoms with Gasteiger partial charge in [0, 0.05) is 32.0 Å². The fourth-order valence-corrected chi connectivity index (χ4v) is 4.70. The summed E-state index contributed by atoms with van der Waals surface area (Å²) in [6, 6.07) is 25.2. The summed E-state index contributed by atoms with van der Waals surface area (Å²) in [5.74, 6) is 0.174. The molecule has 0 saturated carbocycles. The van der Waals surface area contributed by atoms with Gasteiger partial charge in [-0.1, -0.05) is 60.7 Å². The Labute approximate surface area is 201 Å². The molecule has 0 amide bonds. The van der Waals surface area contributed by atoms with Crippen molar-refractivity contribution in [1.82, 2.24) is 5.32 Å². The van der Waals surface area contributed by atoms with E-state index < -0.39 is 12.1 Å². The topological polar surface area (TPSA) is 67.8 Å². The predicted molar refractivity (Wildman–Crippen MR) is 134 cm³/mol. The smallest absolute Gasteiger partial charge is 0.333 e. The summed E-state index contributed by atoms with van der Waals surface area (Å²) in [5, 5.41) is 12.8. The second kappa shape index (κ2) is 11.8. The molecule has 1 aliphatic rings. The molecule has 0 saturated heterocycles. The summed E-state index contributed by atoms with van der Waals surface area (Å²) in [7, 11) is 0. The second-order valence-corrected chi connectivity index (χ2v) is 8.63. The van der Waals surface area contributed by atoms with Crippen LogP contribution in [0.3, 0.4) is 0 Å². The van der Waals surface area contributed by atoms with Crippen LogP contribution in [0.4, 0.5) is 0 Å². The zero-order valence-corrected chi connectivity index (χ0v) is 19.7. The molecule has 178 valence electrons. The van der Waals surface area contributed by atoms with Crippen LogP contribution in [0.2, 0.25) is 0 Å². The fraction of sp³-hybridized carbons (Fsp3) is 0.345. The Kier molecular flexibility index (Phi) is 8.34. The van der Waals surface area contributed by atoms with E-state index in [0.717, 1.165) is 37.2 Å². The van der Waals surface area contributed by atoms with Crippen molar-refractivity contribution in [3.63, 3.8) is 0 Å². The molecule has 5 heteroatoms. The highest BCUT2D eigenvalue weighted by Crippen LogP contribution is 2.33. The number of aryl methyl sites for hydroxylation is 2. The van der Waals surface area contributed by atoms with Gasteiger partial charge in [-0.05, 0) is 59.7 Å². The number of rotatable bonds is 11. The molecule has 1 atom stereocenters. The van der Waals surface area contributed by atoms with Crippen LogP contribution in [-0.2, 0) is 28.8 Å². The van der Waals surface area contributed by atoms with E-state index in [-0.39, 0.29) is 0 Å². The van der Waals surface area contributed by atoms with E-state index in [2.05, 4.69) is 53.8 Å². The number of benzene rings is 3. The third kappa shape index (κ3) is 6.04. The molecule has 3 aromatic carbocycles. The molecule has 0 aliphatic heterocycles. The van der Waals surface area contributed by atoms with E-state index in [4.69, 9.17) is 9.47 Å². The molecule has 0 heterocycles. The SMILES string of the molecule is CCOC(Cc1ccc(OCCNCC2c3ccccc3CCc3ccccc32)cc1)C(=O)O. The van der Waals surface area contributed by atoms with E-state index >= 15 is 0 Å². The van der Waals surface area contributed by atoms with Gasteiger partial charge in [-0.25, -0.2) is 4.79 Å². The highest BCUT2D eigenvalue weighted by atomic mass is 16.5. The Balaban J connectivity index is 1.29. The van der Waals surface area contributed by atoms with Gasteiger partial charge in [-0.3, -0.25) is 0 Å². The molecule has 0 aromatic heterocycles. The van der Waals surface area contributed by atoms with E-state index in [1.54, 1.807) is 6.92 Å². The van der Waals surface area contributed by atoms with E-state index in [1.807, 2.05) is 24.3 Å². The number of carboxylic acid groups (broad SMARTS) is 1. The standard InChI is InChI=1S/C29H33NO4/c1-2-33-28(29(31)32)19-21-11-15-24(16-12-21)34-18-17-30-20-27-25-9-5-3-7-22(25)13-14-23-8-4-6-10-26(23)27/h3-12,15-16,27-28,30H,2,13-14,17-20H2,1H3,(H,31,32). The van der Waals surface area contributed by atoms with Gasteiger partial charge in [0.25, 0.3) is 0 Å². The molecule has 0 fully saturated rings. The molecule has 5 nitrogen and oxygen atoms in total. The van der Waals surface area contributed by atoms with Crippen molar-refractivity contribution < 1.29 is 19.4 Å². The summed E-state index contributed by atoms with van der Waals surface area (Å²) >= 11 is 0. The molecule has 1 aliphatic carbocycles. The third-order valence-corrected chi connectivity index (χ3v) is 6.41. The van der Waals surface area contributed by atoms with Gasteiger partial charge < -0.3 is 19.9 Å². The van der Waals surface area contributed by atoms with Crippen LogP contribution in [0.25, 0.3) is 0 Å². The average molecular weight is 460 g/mol. The van der Waals surface area contributed by atoms with Crippen LogP contribution < -0.4 is 10.1 Å². The lowest BCUT2D eigenvalue weighted by atomic mass is 9.88. The lowest BCUT2D eigenvalue weighted by Gasteiger charge is -2.21. The first-order valence-corrected chi connectivity index (χ1v) is 12.1. The van der Waals surface area contributed by atoms with Gasteiger partial charge in [-0.2, -0.15) is 0 Å². The molecule has 1 unspecified atom stereocenters. The van der Waals surface area contributed by atoms with Gasteiger partial charge in [0.1, 0.15) is 12.4 Å². The molecular weight excluding hydrogens is 426 g/mol. The Morgan fingerprint density at radius 3 is 2.18 bits per heavy atom. The van der Waals surface area contributed by atoms with Crippen LogP contribution in [0.1, 0.15) is 40.7 Å². The number of hydrogen-bond donors (Lipinski definition) is 2. The van der Waals surface area contributed by atoms with Crippen molar-refractivity contribution >= 4 is 5.97 Å². The highest BCUT2D eigenvalue weighted by Gasteiger charge is 2.22. The number of aliphatic carboxylic acids is 1. The first kappa shape index (κ1) is 24.0. The largest absolute Gasteiger partial charge is 0.492 e.